The number of carboxylic acid groups (broad SMARTS) is 1. The normalized spacial score (nSPS) is 15.7. The highest BCUT2D eigenvalue weighted by Crippen LogP contribution is 2.32. The minimum absolute atomic E-state index is 0.218. The lowest BCUT2D eigenvalue weighted by Gasteiger charge is -2.15. The van der Waals surface area contributed by atoms with Crippen LogP contribution in [0.1, 0.15) is 30.0 Å². The number of amides is 1. The highest BCUT2D eigenvalue weighted by atomic mass is 32.2. The maximum Gasteiger partial charge on any atom is 0.330 e. The average molecular weight is 293 g/mol. The van der Waals surface area contributed by atoms with E-state index in [2.05, 4.69) is 5.32 Å². The fraction of sp³-hybridized carbons (Fsp3) is 0.467. The molecule has 0 spiro atoms. The Labute approximate surface area is 123 Å². The van der Waals surface area contributed by atoms with E-state index in [-0.39, 0.29) is 5.91 Å². The molecule has 1 aliphatic rings. The van der Waals surface area contributed by atoms with Crippen molar-refractivity contribution in [2.45, 2.75) is 25.8 Å². The summed E-state index contributed by atoms with van der Waals surface area (Å²) < 4.78 is 0. The van der Waals surface area contributed by atoms with E-state index in [1.807, 2.05) is 13.0 Å². The molecule has 1 saturated carbocycles. The molecule has 0 radical (unpaired) electrons. The lowest BCUT2D eigenvalue weighted by molar-refractivity contribution is -0.141. The molecule has 0 unspecified atom stereocenters. The number of nitrogens with one attached hydrogen (secondary N) is 1. The van der Waals surface area contributed by atoms with Gasteiger partial charge in [0.25, 0.3) is 0 Å². The third-order valence-corrected chi connectivity index (χ3v) is 4.38. The number of carboxylic acids is 1. The standard InChI is InChI=1S/C15H19NO3S/c1-10-3-2-4-12(7-10)14(15(18)19)16-13(17)9-20-8-11-5-6-11/h2-4,7,11,14H,5-6,8-9H2,1H3,(H,16,17)(H,18,19)/t14-/m0/s1. The van der Waals surface area contributed by atoms with Gasteiger partial charge in [-0.25, -0.2) is 4.79 Å². The van der Waals surface area contributed by atoms with E-state index in [0.717, 1.165) is 17.2 Å². The van der Waals surface area contributed by atoms with Gasteiger partial charge in [-0.2, -0.15) is 11.8 Å². The van der Waals surface area contributed by atoms with Crippen molar-refractivity contribution in [3.05, 3.63) is 35.4 Å². The number of carbonyl (C=O) groups excluding carboxylic acids is 1. The molecule has 2 N–H and O–H groups in total. The summed E-state index contributed by atoms with van der Waals surface area (Å²) in [5.41, 5.74) is 1.59. The molecule has 20 heavy (non-hydrogen) atoms. The summed E-state index contributed by atoms with van der Waals surface area (Å²) in [7, 11) is 0. The first-order valence-corrected chi connectivity index (χ1v) is 7.88. The Bertz CT molecular complexity index is 500. The minimum atomic E-state index is -1.03. The Balaban J connectivity index is 1.90. The molecule has 1 amide bonds. The topological polar surface area (TPSA) is 66.4 Å². The summed E-state index contributed by atoms with van der Waals surface area (Å²) in [5.74, 6) is 0.836. The molecular formula is C15H19NO3S. The zero-order valence-electron chi connectivity index (χ0n) is 11.5. The molecule has 1 atom stereocenters. The van der Waals surface area contributed by atoms with Gasteiger partial charge in [-0.05, 0) is 37.0 Å². The molecule has 108 valence electrons. The van der Waals surface area contributed by atoms with Crippen molar-refractivity contribution in [2.24, 2.45) is 5.92 Å². The third-order valence-electron chi connectivity index (χ3n) is 3.21. The van der Waals surface area contributed by atoms with Crippen LogP contribution in [-0.2, 0) is 9.59 Å². The van der Waals surface area contributed by atoms with Gasteiger partial charge < -0.3 is 10.4 Å². The first kappa shape index (κ1) is 14.9. The number of aryl methyl sites for hydroxylation is 1. The summed E-state index contributed by atoms with van der Waals surface area (Å²) >= 11 is 1.58. The predicted octanol–water partition coefficient (Wildman–Crippen LogP) is 2.38. The molecule has 2 rings (SSSR count). The molecule has 4 nitrogen and oxygen atoms in total. The number of rotatable bonds is 7. The fourth-order valence-corrected chi connectivity index (χ4v) is 3.00. The monoisotopic (exact) mass is 293 g/mol. The van der Waals surface area contributed by atoms with Crippen molar-refractivity contribution in [1.82, 2.24) is 5.32 Å². The number of benzene rings is 1. The van der Waals surface area contributed by atoms with Crippen molar-refractivity contribution < 1.29 is 14.7 Å². The quantitative estimate of drug-likeness (QED) is 0.810. The van der Waals surface area contributed by atoms with E-state index in [1.54, 1.807) is 30.0 Å². The zero-order valence-corrected chi connectivity index (χ0v) is 12.3. The summed E-state index contributed by atoms with van der Waals surface area (Å²) in [5, 5.41) is 11.9. The van der Waals surface area contributed by atoms with Gasteiger partial charge in [0.15, 0.2) is 6.04 Å². The highest BCUT2D eigenvalue weighted by Gasteiger charge is 2.24. The molecule has 0 heterocycles. The lowest BCUT2D eigenvalue weighted by Crippen LogP contribution is -2.35. The second kappa shape index (κ2) is 6.79. The van der Waals surface area contributed by atoms with Crippen LogP contribution in [0.25, 0.3) is 0 Å². The largest absolute Gasteiger partial charge is 0.479 e. The fourth-order valence-electron chi connectivity index (χ4n) is 1.94. The van der Waals surface area contributed by atoms with Gasteiger partial charge in [0, 0.05) is 0 Å². The average Bonchev–Trinajstić information content (AvgIpc) is 3.19. The van der Waals surface area contributed by atoms with Crippen LogP contribution in [0.15, 0.2) is 24.3 Å². The Kier molecular flexibility index (Phi) is 5.06. The lowest BCUT2D eigenvalue weighted by atomic mass is 10.0. The first-order chi connectivity index (χ1) is 9.56. The van der Waals surface area contributed by atoms with Crippen LogP contribution in [0.2, 0.25) is 0 Å². The molecule has 0 bridgehead atoms. The number of carbonyl (C=O) groups is 2. The van der Waals surface area contributed by atoms with Crippen LogP contribution < -0.4 is 5.32 Å². The summed E-state index contributed by atoms with van der Waals surface area (Å²) in [4.78, 5) is 23.1. The first-order valence-electron chi connectivity index (χ1n) is 6.72. The third kappa shape index (κ3) is 4.56. The molecule has 1 aromatic rings. The van der Waals surface area contributed by atoms with Crippen molar-refractivity contribution in [3.8, 4) is 0 Å². The van der Waals surface area contributed by atoms with Crippen LogP contribution in [0.4, 0.5) is 0 Å². The molecule has 1 aliphatic carbocycles. The van der Waals surface area contributed by atoms with E-state index in [9.17, 15) is 14.7 Å². The van der Waals surface area contributed by atoms with Crippen LogP contribution in [0.5, 0.6) is 0 Å². The molecule has 0 saturated heterocycles. The van der Waals surface area contributed by atoms with Crippen molar-refractivity contribution in [2.75, 3.05) is 11.5 Å². The maximum absolute atomic E-state index is 11.8. The van der Waals surface area contributed by atoms with Crippen molar-refractivity contribution in [1.29, 1.82) is 0 Å². The summed E-state index contributed by atoms with van der Waals surface area (Å²) in [6, 6.07) is 6.24. The molecular weight excluding hydrogens is 274 g/mol. The minimum Gasteiger partial charge on any atom is -0.479 e. The van der Waals surface area contributed by atoms with Gasteiger partial charge in [0.05, 0.1) is 5.75 Å². The van der Waals surface area contributed by atoms with E-state index in [4.69, 9.17) is 0 Å². The van der Waals surface area contributed by atoms with Crippen LogP contribution >= 0.6 is 11.8 Å². The Morgan fingerprint density at radius 3 is 2.80 bits per heavy atom. The summed E-state index contributed by atoms with van der Waals surface area (Å²) in [6.07, 6.45) is 2.52. The van der Waals surface area contributed by atoms with E-state index < -0.39 is 12.0 Å². The Morgan fingerprint density at radius 1 is 1.45 bits per heavy atom. The SMILES string of the molecule is Cc1cccc([C@H](NC(=O)CSCC2CC2)C(=O)O)c1. The zero-order chi connectivity index (χ0) is 14.5. The molecule has 5 heteroatoms. The number of hydrogen-bond donors (Lipinski definition) is 2. The van der Waals surface area contributed by atoms with Crippen LogP contribution in [-0.4, -0.2) is 28.5 Å². The number of thioether (sulfide) groups is 1. The van der Waals surface area contributed by atoms with Gasteiger partial charge >= 0.3 is 5.97 Å². The van der Waals surface area contributed by atoms with Gasteiger partial charge in [0.1, 0.15) is 0 Å². The van der Waals surface area contributed by atoms with Crippen molar-refractivity contribution >= 4 is 23.6 Å². The Morgan fingerprint density at radius 2 is 2.20 bits per heavy atom. The highest BCUT2D eigenvalue weighted by molar-refractivity contribution is 7.99. The number of hydrogen-bond acceptors (Lipinski definition) is 3. The maximum atomic E-state index is 11.8. The van der Waals surface area contributed by atoms with Crippen molar-refractivity contribution in [3.63, 3.8) is 0 Å². The van der Waals surface area contributed by atoms with E-state index in [0.29, 0.717) is 11.3 Å². The second-order valence-electron chi connectivity index (χ2n) is 5.21. The molecule has 1 aromatic carbocycles. The smallest absolute Gasteiger partial charge is 0.330 e. The predicted molar refractivity (Wildman–Crippen MR) is 79.7 cm³/mol. The Hall–Kier alpha value is -1.49. The second-order valence-corrected chi connectivity index (χ2v) is 6.24. The molecule has 0 aliphatic heterocycles. The number of aliphatic carboxylic acids is 1. The van der Waals surface area contributed by atoms with Crippen LogP contribution in [0.3, 0.4) is 0 Å². The van der Waals surface area contributed by atoms with E-state index >= 15 is 0 Å². The van der Waals surface area contributed by atoms with Gasteiger partial charge in [-0.3, -0.25) is 4.79 Å². The molecule has 0 aromatic heterocycles. The van der Waals surface area contributed by atoms with Gasteiger partial charge in [-0.1, -0.05) is 29.8 Å². The van der Waals surface area contributed by atoms with E-state index in [1.165, 1.54) is 12.8 Å². The summed E-state index contributed by atoms with van der Waals surface area (Å²) in [6.45, 7) is 1.90. The molecule has 1 fully saturated rings. The van der Waals surface area contributed by atoms with Gasteiger partial charge in [-0.15, -0.1) is 0 Å². The van der Waals surface area contributed by atoms with Crippen LogP contribution in [0, 0.1) is 12.8 Å². The van der Waals surface area contributed by atoms with Gasteiger partial charge in [0.2, 0.25) is 5.91 Å².